The van der Waals surface area contributed by atoms with Crippen molar-refractivity contribution in [1.82, 2.24) is 10.6 Å². The summed E-state index contributed by atoms with van der Waals surface area (Å²) in [5, 5.41) is 6.89. The molecular formula is C12H26N2O. The van der Waals surface area contributed by atoms with E-state index in [0.29, 0.717) is 6.10 Å². The molecule has 0 bridgehead atoms. The van der Waals surface area contributed by atoms with Crippen LogP contribution in [0, 0.1) is 5.92 Å². The van der Waals surface area contributed by atoms with Crippen LogP contribution in [-0.2, 0) is 4.74 Å². The molecule has 1 aliphatic rings. The van der Waals surface area contributed by atoms with Crippen molar-refractivity contribution in [3.8, 4) is 0 Å². The van der Waals surface area contributed by atoms with Crippen LogP contribution in [0.5, 0.6) is 0 Å². The third-order valence-electron chi connectivity index (χ3n) is 3.20. The van der Waals surface area contributed by atoms with Crippen LogP contribution in [0.15, 0.2) is 0 Å². The van der Waals surface area contributed by atoms with Gasteiger partial charge in [0.05, 0.1) is 6.10 Å². The summed E-state index contributed by atoms with van der Waals surface area (Å²) in [6, 6.07) is 0. The second-order valence-electron chi connectivity index (χ2n) is 4.61. The van der Waals surface area contributed by atoms with Crippen molar-refractivity contribution < 1.29 is 4.74 Å². The Morgan fingerprint density at radius 3 is 3.07 bits per heavy atom. The van der Waals surface area contributed by atoms with E-state index in [2.05, 4.69) is 17.6 Å². The normalized spacial score (nSPS) is 24.0. The average Bonchev–Trinajstić information content (AvgIpc) is 2.29. The summed E-state index contributed by atoms with van der Waals surface area (Å²) in [7, 11) is 1.76. The van der Waals surface area contributed by atoms with E-state index in [9.17, 15) is 0 Å². The maximum absolute atomic E-state index is 5.17. The summed E-state index contributed by atoms with van der Waals surface area (Å²) in [4.78, 5) is 0. The molecule has 15 heavy (non-hydrogen) atoms. The van der Waals surface area contributed by atoms with E-state index in [4.69, 9.17) is 4.74 Å². The smallest absolute Gasteiger partial charge is 0.0667 e. The van der Waals surface area contributed by atoms with Crippen LogP contribution in [0.2, 0.25) is 0 Å². The van der Waals surface area contributed by atoms with Gasteiger partial charge in [0.15, 0.2) is 0 Å². The Bertz CT molecular complexity index is 147. The summed E-state index contributed by atoms with van der Waals surface area (Å²) in [5.74, 6) is 0.917. The molecule has 3 heteroatoms. The second kappa shape index (κ2) is 8.08. The van der Waals surface area contributed by atoms with Crippen LogP contribution >= 0.6 is 0 Å². The van der Waals surface area contributed by atoms with Crippen molar-refractivity contribution in [3.63, 3.8) is 0 Å². The van der Waals surface area contributed by atoms with E-state index < -0.39 is 0 Å². The molecule has 0 aromatic carbocycles. The zero-order valence-corrected chi connectivity index (χ0v) is 10.2. The zero-order chi connectivity index (χ0) is 10.9. The molecule has 0 aromatic heterocycles. The molecule has 2 N–H and O–H groups in total. The molecule has 1 saturated heterocycles. The fourth-order valence-electron chi connectivity index (χ4n) is 2.07. The molecule has 3 nitrogen and oxygen atoms in total. The number of nitrogens with one attached hydrogen (secondary N) is 2. The zero-order valence-electron chi connectivity index (χ0n) is 10.2. The topological polar surface area (TPSA) is 33.3 Å². The number of rotatable bonds is 7. The molecule has 1 heterocycles. The van der Waals surface area contributed by atoms with E-state index in [1.54, 1.807) is 7.11 Å². The van der Waals surface area contributed by atoms with Gasteiger partial charge in [-0.15, -0.1) is 0 Å². The summed E-state index contributed by atoms with van der Waals surface area (Å²) >= 11 is 0. The number of hydrogen-bond donors (Lipinski definition) is 2. The fraction of sp³-hybridized carbons (Fsp3) is 1.00. The van der Waals surface area contributed by atoms with Crippen LogP contribution in [0.25, 0.3) is 0 Å². The Kier molecular flexibility index (Phi) is 6.98. The van der Waals surface area contributed by atoms with Gasteiger partial charge in [-0.2, -0.15) is 0 Å². The number of piperidine rings is 1. The van der Waals surface area contributed by atoms with Gasteiger partial charge in [-0.05, 0) is 58.2 Å². The van der Waals surface area contributed by atoms with E-state index in [1.807, 2.05) is 0 Å². The first-order valence-corrected chi connectivity index (χ1v) is 6.27. The monoisotopic (exact) mass is 214 g/mol. The lowest BCUT2D eigenvalue weighted by atomic mass is 9.95. The van der Waals surface area contributed by atoms with Gasteiger partial charge in [0.1, 0.15) is 0 Å². The van der Waals surface area contributed by atoms with Gasteiger partial charge in [-0.1, -0.05) is 0 Å². The SMILES string of the molecule is COC(C)CNCCCC1CCCNC1. The Balaban J connectivity index is 1.87. The highest BCUT2D eigenvalue weighted by Crippen LogP contribution is 2.15. The first-order chi connectivity index (χ1) is 7.33. The van der Waals surface area contributed by atoms with Crippen molar-refractivity contribution in [3.05, 3.63) is 0 Å². The van der Waals surface area contributed by atoms with Gasteiger partial charge in [-0.25, -0.2) is 0 Å². The van der Waals surface area contributed by atoms with Gasteiger partial charge < -0.3 is 15.4 Å². The van der Waals surface area contributed by atoms with E-state index in [0.717, 1.165) is 19.0 Å². The van der Waals surface area contributed by atoms with Crippen LogP contribution in [-0.4, -0.2) is 39.4 Å². The first-order valence-electron chi connectivity index (χ1n) is 6.27. The van der Waals surface area contributed by atoms with Crippen LogP contribution in [0.1, 0.15) is 32.6 Å². The Labute approximate surface area is 94.0 Å². The quantitative estimate of drug-likeness (QED) is 0.628. The number of methoxy groups -OCH3 is 1. The lowest BCUT2D eigenvalue weighted by Gasteiger charge is -2.22. The average molecular weight is 214 g/mol. The van der Waals surface area contributed by atoms with Gasteiger partial charge in [0.25, 0.3) is 0 Å². The van der Waals surface area contributed by atoms with Crippen molar-refractivity contribution >= 4 is 0 Å². The molecule has 0 amide bonds. The lowest BCUT2D eigenvalue weighted by Crippen LogP contribution is -2.31. The second-order valence-corrected chi connectivity index (χ2v) is 4.61. The van der Waals surface area contributed by atoms with Crippen molar-refractivity contribution in [2.75, 3.05) is 33.3 Å². The van der Waals surface area contributed by atoms with Crippen LogP contribution in [0.4, 0.5) is 0 Å². The molecule has 90 valence electrons. The Morgan fingerprint density at radius 1 is 1.53 bits per heavy atom. The van der Waals surface area contributed by atoms with E-state index in [-0.39, 0.29) is 0 Å². The molecular weight excluding hydrogens is 188 g/mol. The lowest BCUT2D eigenvalue weighted by molar-refractivity contribution is 0.117. The highest BCUT2D eigenvalue weighted by atomic mass is 16.5. The maximum atomic E-state index is 5.17. The predicted molar refractivity (Wildman–Crippen MR) is 64.2 cm³/mol. The molecule has 0 aliphatic carbocycles. The predicted octanol–water partition coefficient (Wildman–Crippen LogP) is 1.39. The molecule has 2 unspecified atom stereocenters. The standard InChI is InChI=1S/C12H26N2O/c1-11(15-2)9-13-7-3-5-12-6-4-8-14-10-12/h11-14H,3-10H2,1-2H3. The largest absolute Gasteiger partial charge is 0.380 e. The molecule has 0 aromatic rings. The highest BCUT2D eigenvalue weighted by Gasteiger charge is 2.11. The third kappa shape index (κ3) is 6.13. The first kappa shape index (κ1) is 12.9. The molecule has 2 atom stereocenters. The fourth-order valence-corrected chi connectivity index (χ4v) is 2.07. The Hall–Kier alpha value is -0.120. The minimum absolute atomic E-state index is 0.335. The van der Waals surface area contributed by atoms with Crippen molar-refractivity contribution in [2.24, 2.45) is 5.92 Å². The summed E-state index contributed by atoms with van der Waals surface area (Å²) in [6.45, 7) is 6.65. The molecule has 1 aliphatic heterocycles. The van der Waals surface area contributed by atoms with E-state index >= 15 is 0 Å². The van der Waals surface area contributed by atoms with E-state index in [1.165, 1.54) is 38.8 Å². The molecule has 0 spiro atoms. The highest BCUT2D eigenvalue weighted by molar-refractivity contribution is 4.69. The molecule has 0 radical (unpaired) electrons. The van der Waals surface area contributed by atoms with Gasteiger partial charge in [-0.3, -0.25) is 0 Å². The maximum Gasteiger partial charge on any atom is 0.0667 e. The molecule has 1 fully saturated rings. The van der Waals surface area contributed by atoms with Gasteiger partial charge in [0, 0.05) is 13.7 Å². The number of ether oxygens (including phenoxy) is 1. The third-order valence-corrected chi connectivity index (χ3v) is 3.20. The number of hydrogen-bond acceptors (Lipinski definition) is 3. The van der Waals surface area contributed by atoms with Crippen molar-refractivity contribution in [1.29, 1.82) is 0 Å². The van der Waals surface area contributed by atoms with Crippen molar-refractivity contribution in [2.45, 2.75) is 38.7 Å². The summed E-state index contributed by atoms with van der Waals surface area (Å²) in [5.41, 5.74) is 0. The molecule has 1 rings (SSSR count). The van der Waals surface area contributed by atoms with Crippen LogP contribution in [0.3, 0.4) is 0 Å². The summed E-state index contributed by atoms with van der Waals surface area (Å²) < 4.78 is 5.17. The van der Waals surface area contributed by atoms with Gasteiger partial charge in [0.2, 0.25) is 0 Å². The minimum atomic E-state index is 0.335. The van der Waals surface area contributed by atoms with Crippen LogP contribution < -0.4 is 10.6 Å². The molecule has 0 saturated carbocycles. The minimum Gasteiger partial charge on any atom is -0.380 e. The van der Waals surface area contributed by atoms with Gasteiger partial charge >= 0.3 is 0 Å². The Morgan fingerprint density at radius 2 is 2.40 bits per heavy atom. The summed E-state index contributed by atoms with van der Waals surface area (Å²) in [6.07, 6.45) is 5.77.